The fraction of sp³-hybridized carbons (Fsp3) is 0.375. The number of nitrogens with zero attached hydrogens (tertiary/aromatic N) is 1. The lowest BCUT2D eigenvalue weighted by Gasteiger charge is -2.43. The fourth-order valence-electron chi connectivity index (χ4n) is 4.65. The standard InChI is InChI=1S/C24H27FN2O3/c1-15-6-7-20-19(10-15)16(2)21(26-20)13-27-9-8-22(28)24(14-27,23(29)30)12-17-4-3-5-18(25)11-17/h3-7,10-11,22,26,28H,8-9,12-14H2,1-2H3,(H,29,30)/t22-,24-/m1/s1. The summed E-state index contributed by atoms with van der Waals surface area (Å²) < 4.78 is 13.7. The van der Waals surface area contributed by atoms with Crippen molar-refractivity contribution in [1.29, 1.82) is 0 Å². The van der Waals surface area contributed by atoms with E-state index in [1.807, 2.05) is 0 Å². The Morgan fingerprint density at radius 1 is 1.27 bits per heavy atom. The molecule has 0 amide bonds. The largest absolute Gasteiger partial charge is 0.481 e. The number of aliphatic hydroxyl groups excluding tert-OH is 1. The summed E-state index contributed by atoms with van der Waals surface area (Å²) in [6, 6.07) is 12.2. The normalized spacial score (nSPS) is 22.5. The summed E-state index contributed by atoms with van der Waals surface area (Å²) in [7, 11) is 0. The van der Waals surface area contributed by atoms with Crippen molar-refractivity contribution in [3.8, 4) is 0 Å². The number of aryl methyl sites for hydroxylation is 2. The quantitative estimate of drug-likeness (QED) is 0.598. The minimum absolute atomic E-state index is 0.0860. The molecule has 0 radical (unpaired) electrons. The molecule has 6 heteroatoms. The predicted octanol–water partition coefficient (Wildman–Crippen LogP) is 3.80. The van der Waals surface area contributed by atoms with E-state index in [4.69, 9.17) is 0 Å². The Morgan fingerprint density at radius 2 is 2.07 bits per heavy atom. The summed E-state index contributed by atoms with van der Waals surface area (Å²) in [4.78, 5) is 17.9. The van der Waals surface area contributed by atoms with Crippen molar-refractivity contribution in [2.45, 2.75) is 39.3 Å². The van der Waals surface area contributed by atoms with Crippen LogP contribution < -0.4 is 0 Å². The summed E-state index contributed by atoms with van der Waals surface area (Å²) in [5.41, 5.74) is 3.67. The Balaban J connectivity index is 1.61. The van der Waals surface area contributed by atoms with Crippen molar-refractivity contribution < 1.29 is 19.4 Å². The number of aromatic nitrogens is 1. The third-order valence-corrected chi connectivity index (χ3v) is 6.40. The van der Waals surface area contributed by atoms with Gasteiger partial charge in [0, 0.05) is 36.2 Å². The lowest BCUT2D eigenvalue weighted by atomic mass is 9.72. The number of carboxylic acid groups (broad SMARTS) is 1. The molecule has 1 saturated heterocycles. The SMILES string of the molecule is Cc1ccc2[nH]c(CN3CC[C@@H](O)[C@](Cc4cccc(F)c4)(C(=O)O)C3)c(C)c2c1. The molecular weight excluding hydrogens is 383 g/mol. The highest BCUT2D eigenvalue weighted by Crippen LogP contribution is 2.36. The molecule has 2 heterocycles. The van der Waals surface area contributed by atoms with Gasteiger partial charge in [0.1, 0.15) is 11.2 Å². The summed E-state index contributed by atoms with van der Waals surface area (Å²) in [5, 5.41) is 22.0. The van der Waals surface area contributed by atoms with Gasteiger partial charge in [-0.1, -0.05) is 23.8 Å². The van der Waals surface area contributed by atoms with E-state index in [-0.39, 0.29) is 13.0 Å². The molecule has 1 aliphatic rings. The molecule has 0 spiro atoms. The van der Waals surface area contributed by atoms with Crippen LogP contribution in [-0.4, -0.2) is 45.3 Å². The van der Waals surface area contributed by atoms with Crippen LogP contribution in [0.1, 0.15) is 28.8 Å². The van der Waals surface area contributed by atoms with Crippen LogP contribution in [0.25, 0.3) is 10.9 Å². The van der Waals surface area contributed by atoms with Crippen LogP contribution in [0.3, 0.4) is 0 Å². The highest BCUT2D eigenvalue weighted by Gasteiger charge is 2.49. The molecule has 30 heavy (non-hydrogen) atoms. The van der Waals surface area contributed by atoms with Crippen LogP contribution in [0.4, 0.5) is 4.39 Å². The Kier molecular flexibility index (Phi) is 5.38. The summed E-state index contributed by atoms with van der Waals surface area (Å²) in [6.45, 7) is 5.51. The smallest absolute Gasteiger partial charge is 0.313 e. The summed E-state index contributed by atoms with van der Waals surface area (Å²) in [6.07, 6.45) is -0.538. The van der Waals surface area contributed by atoms with Gasteiger partial charge in [0.25, 0.3) is 0 Å². The third kappa shape index (κ3) is 3.73. The van der Waals surface area contributed by atoms with Crippen molar-refractivity contribution >= 4 is 16.9 Å². The Hall–Kier alpha value is -2.70. The number of carboxylic acids is 1. The highest BCUT2D eigenvalue weighted by atomic mass is 19.1. The topological polar surface area (TPSA) is 76.6 Å². The van der Waals surface area contributed by atoms with Crippen LogP contribution in [0.5, 0.6) is 0 Å². The predicted molar refractivity (Wildman–Crippen MR) is 114 cm³/mol. The van der Waals surface area contributed by atoms with Crippen LogP contribution in [-0.2, 0) is 17.8 Å². The van der Waals surface area contributed by atoms with E-state index in [1.165, 1.54) is 23.1 Å². The number of nitrogens with one attached hydrogen (secondary N) is 1. The number of carbonyl (C=O) groups is 1. The van der Waals surface area contributed by atoms with Crippen LogP contribution in [0, 0.1) is 25.1 Å². The van der Waals surface area contributed by atoms with Crippen LogP contribution in [0.2, 0.25) is 0 Å². The lowest BCUT2D eigenvalue weighted by Crippen LogP contribution is -2.56. The van der Waals surface area contributed by atoms with Gasteiger partial charge in [-0.05, 0) is 62.1 Å². The second kappa shape index (κ2) is 7.85. The van der Waals surface area contributed by atoms with Crippen molar-refractivity contribution in [2.75, 3.05) is 13.1 Å². The average Bonchev–Trinajstić information content (AvgIpc) is 2.99. The molecule has 1 aliphatic heterocycles. The van der Waals surface area contributed by atoms with E-state index >= 15 is 0 Å². The molecule has 4 rings (SSSR count). The van der Waals surface area contributed by atoms with Gasteiger partial charge in [-0.15, -0.1) is 0 Å². The molecule has 0 unspecified atom stereocenters. The molecule has 2 aromatic carbocycles. The van der Waals surface area contributed by atoms with Gasteiger partial charge in [-0.3, -0.25) is 9.69 Å². The maximum atomic E-state index is 13.7. The van der Waals surface area contributed by atoms with Gasteiger partial charge in [0.05, 0.1) is 6.10 Å². The zero-order chi connectivity index (χ0) is 21.5. The Bertz CT molecular complexity index is 1090. The molecule has 0 bridgehead atoms. The van der Waals surface area contributed by atoms with Gasteiger partial charge in [0.2, 0.25) is 0 Å². The number of aromatic amines is 1. The second-order valence-electron chi connectivity index (χ2n) is 8.56. The van der Waals surface area contributed by atoms with Crippen molar-refractivity contribution in [3.63, 3.8) is 0 Å². The monoisotopic (exact) mass is 410 g/mol. The zero-order valence-corrected chi connectivity index (χ0v) is 17.3. The average molecular weight is 410 g/mol. The van der Waals surface area contributed by atoms with Crippen molar-refractivity contribution in [1.82, 2.24) is 9.88 Å². The minimum atomic E-state index is -1.37. The molecule has 3 aromatic rings. The first-order valence-corrected chi connectivity index (χ1v) is 10.2. The van der Waals surface area contributed by atoms with Gasteiger partial charge in [-0.25, -0.2) is 4.39 Å². The van der Waals surface area contributed by atoms with E-state index in [9.17, 15) is 19.4 Å². The van der Waals surface area contributed by atoms with E-state index in [1.54, 1.807) is 12.1 Å². The second-order valence-corrected chi connectivity index (χ2v) is 8.56. The Morgan fingerprint density at radius 3 is 2.80 bits per heavy atom. The molecule has 5 nitrogen and oxygen atoms in total. The highest BCUT2D eigenvalue weighted by molar-refractivity contribution is 5.85. The molecule has 158 valence electrons. The van der Waals surface area contributed by atoms with E-state index in [0.717, 1.165) is 16.8 Å². The molecule has 2 atom stereocenters. The maximum absolute atomic E-state index is 13.7. The van der Waals surface area contributed by atoms with Crippen molar-refractivity contribution in [2.24, 2.45) is 5.41 Å². The van der Waals surface area contributed by atoms with Crippen LogP contribution >= 0.6 is 0 Å². The van der Waals surface area contributed by atoms with Crippen LogP contribution in [0.15, 0.2) is 42.5 Å². The summed E-state index contributed by atoms with van der Waals surface area (Å²) in [5.74, 6) is -1.45. The number of H-pyrrole nitrogens is 1. The van der Waals surface area contributed by atoms with E-state index in [0.29, 0.717) is 25.1 Å². The fourth-order valence-corrected chi connectivity index (χ4v) is 4.65. The first-order valence-electron chi connectivity index (χ1n) is 10.2. The van der Waals surface area contributed by atoms with Gasteiger partial charge < -0.3 is 15.2 Å². The summed E-state index contributed by atoms with van der Waals surface area (Å²) >= 11 is 0. The number of aliphatic hydroxyl groups is 1. The number of aliphatic carboxylic acids is 1. The molecule has 0 aliphatic carbocycles. The Labute approximate surface area is 175 Å². The molecule has 0 saturated carbocycles. The number of fused-ring (bicyclic) bond motifs is 1. The van der Waals surface area contributed by atoms with E-state index < -0.39 is 23.3 Å². The number of hydrogen-bond donors (Lipinski definition) is 3. The molecule has 1 fully saturated rings. The van der Waals surface area contributed by atoms with E-state index in [2.05, 4.69) is 41.9 Å². The number of benzene rings is 2. The van der Waals surface area contributed by atoms with Gasteiger partial charge in [-0.2, -0.15) is 0 Å². The maximum Gasteiger partial charge on any atom is 0.313 e. The number of rotatable bonds is 5. The van der Waals surface area contributed by atoms with Gasteiger partial charge in [0.15, 0.2) is 0 Å². The number of hydrogen-bond acceptors (Lipinski definition) is 3. The first kappa shape index (κ1) is 20.6. The van der Waals surface area contributed by atoms with Crippen molar-refractivity contribution in [3.05, 3.63) is 70.7 Å². The number of halogens is 1. The zero-order valence-electron chi connectivity index (χ0n) is 17.3. The first-order chi connectivity index (χ1) is 14.3. The molecule has 1 aromatic heterocycles. The lowest BCUT2D eigenvalue weighted by molar-refractivity contribution is -0.163. The molecule has 3 N–H and O–H groups in total. The number of piperidine rings is 1. The van der Waals surface area contributed by atoms with Gasteiger partial charge >= 0.3 is 5.97 Å². The molecular formula is C24H27FN2O3. The minimum Gasteiger partial charge on any atom is -0.481 e. The third-order valence-electron chi connectivity index (χ3n) is 6.40. The number of likely N-dealkylation sites (tertiary alicyclic amines) is 1.